The molecule has 0 amide bonds. The topological polar surface area (TPSA) is 76.4 Å². The molecule has 4 aromatic rings. The Bertz CT molecular complexity index is 1170. The van der Waals surface area contributed by atoms with Crippen LogP contribution in [0.4, 0.5) is 5.69 Å². The lowest BCUT2D eigenvalue weighted by molar-refractivity contribution is 0.600. The maximum atomic E-state index is 12.5. The number of aromatic nitrogens is 3. The highest BCUT2D eigenvalue weighted by molar-refractivity contribution is 7.91. The predicted octanol–water partition coefficient (Wildman–Crippen LogP) is 3.65. The molecular formula is C20H18N4O2S. The Kier molecular flexibility index (Phi) is 4.37. The number of hydrogen-bond donors (Lipinski definition) is 1. The van der Waals surface area contributed by atoms with Crippen molar-refractivity contribution >= 4 is 21.5 Å². The lowest BCUT2D eigenvalue weighted by atomic mass is 10.1. The second kappa shape index (κ2) is 6.85. The van der Waals surface area contributed by atoms with Crippen LogP contribution < -0.4 is 4.72 Å². The number of aryl methyl sites for hydroxylation is 1. The van der Waals surface area contributed by atoms with Crippen molar-refractivity contribution < 1.29 is 8.42 Å². The molecule has 0 bridgehead atoms. The molecule has 2 aromatic heterocycles. The molecule has 0 aliphatic carbocycles. The zero-order valence-corrected chi connectivity index (χ0v) is 15.5. The molecule has 0 atom stereocenters. The fraction of sp³-hybridized carbons (Fsp3) is 0.100. The van der Waals surface area contributed by atoms with Crippen molar-refractivity contribution in [3.8, 4) is 11.3 Å². The number of fused-ring (bicyclic) bond motifs is 1. The minimum Gasteiger partial charge on any atom is -0.291 e. The molecule has 2 aromatic carbocycles. The Hall–Kier alpha value is -3.19. The standard InChI is InChI=1S/C20H18N4O2S/c1-15-6-8-16(9-7-15)14-27(25,26)23-18-5-2-4-17(12-18)19-13-24-11-3-10-21-20(24)22-19/h2-13,23H,14H2,1H3. The first-order valence-corrected chi connectivity index (χ1v) is 10.1. The van der Waals surface area contributed by atoms with Crippen LogP contribution in [0.15, 0.2) is 73.2 Å². The van der Waals surface area contributed by atoms with Gasteiger partial charge in [0.25, 0.3) is 0 Å². The summed E-state index contributed by atoms with van der Waals surface area (Å²) in [5.41, 5.74) is 3.89. The lowest BCUT2D eigenvalue weighted by Crippen LogP contribution is -2.15. The molecule has 1 N–H and O–H groups in total. The quantitative estimate of drug-likeness (QED) is 0.575. The lowest BCUT2D eigenvalue weighted by Gasteiger charge is -2.09. The van der Waals surface area contributed by atoms with Gasteiger partial charge in [0.15, 0.2) is 0 Å². The number of nitrogens with one attached hydrogen (secondary N) is 1. The number of anilines is 1. The molecule has 0 fully saturated rings. The van der Waals surface area contributed by atoms with E-state index in [4.69, 9.17) is 0 Å². The van der Waals surface area contributed by atoms with Gasteiger partial charge < -0.3 is 0 Å². The number of nitrogens with zero attached hydrogens (tertiary/aromatic N) is 3. The van der Waals surface area contributed by atoms with Gasteiger partial charge in [0.1, 0.15) is 0 Å². The van der Waals surface area contributed by atoms with Crippen molar-refractivity contribution in [1.82, 2.24) is 14.4 Å². The van der Waals surface area contributed by atoms with Gasteiger partial charge in [-0.25, -0.2) is 18.4 Å². The third kappa shape index (κ3) is 3.98. The Morgan fingerprint density at radius 3 is 2.67 bits per heavy atom. The van der Waals surface area contributed by atoms with Gasteiger partial charge in [0.2, 0.25) is 15.8 Å². The fourth-order valence-electron chi connectivity index (χ4n) is 2.83. The summed E-state index contributed by atoms with van der Waals surface area (Å²) in [7, 11) is -3.51. The van der Waals surface area contributed by atoms with Gasteiger partial charge in [0, 0.05) is 29.8 Å². The summed E-state index contributed by atoms with van der Waals surface area (Å²) in [6.07, 6.45) is 5.41. The van der Waals surface area contributed by atoms with Gasteiger partial charge in [-0.1, -0.05) is 42.0 Å². The normalized spacial score (nSPS) is 11.6. The monoisotopic (exact) mass is 378 g/mol. The summed E-state index contributed by atoms with van der Waals surface area (Å²) in [4.78, 5) is 8.67. The molecule has 0 aliphatic heterocycles. The van der Waals surface area contributed by atoms with E-state index in [2.05, 4.69) is 14.7 Å². The first-order chi connectivity index (χ1) is 13.0. The van der Waals surface area contributed by atoms with Crippen LogP contribution in [-0.2, 0) is 15.8 Å². The summed E-state index contributed by atoms with van der Waals surface area (Å²) in [5.74, 6) is 0.522. The number of sulfonamides is 1. The number of benzene rings is 2. The summed E-state index contributed by atoms with van der Waals surface area (Å²) < 4.78 is 29.5. The van der Waals surface area contributed by atoms with Crippen molar-refractivity contribution in [3.05, 3.63) is 84.3 Å². The molecule has 0 saturated carbocycles. The van der Waals surface area contributed by atoms with Crippen LogP contribution in [0.5, 0.6) is 0 Å². The van der Waals surface area contributed by atoms with Crippen LogP contribution in [0.2, 0.25) is 0 Å². The van der Waals surface area contributed by atoms with Crippen LogP contribution in [-0.4, -0.2) is 22.8 Å². The smallest absolute Gasteiger partial charge is 0.236 e. The van der Waals surface area contributed by atoms with E-state index >= 15 is 0 Å². The van der Waals surface area contributed by atoms with Crippen LogP contribution in [0.25, 0.3) is 17.0 Å². The Balaban J connectivity index is 1.57. The number of rotatable bonds is 5. The van der Waals surface area contributed by atoms with Gasteiger partial charge in [-0.15, -0.1) is 0 Å². The SMILES string of the molecule is Cc1ccc(CS(=O)(=O)Nc2cccc(-c3cn4cccnc4n3)c2)cc1. The maximum Gasteiger partial charge on any atom is 0.236 e. The van der Waals surface area contributed by atoms with E-state index in [1.807, 2.05) is 60.1 Å². The van der Waals surface area contributed by atoms with Gasteiger partial charge in [-0.05, 0) is 30.7 Å². The zero-order valence-electron chi connectivity index (χ0n) is 14.7. The van der Waals surface area contributed by atoms with Crippen LogP contribution in [0.1, 0.15) is 11.1 Å². The Labute approximate surface area is 157 Å². The van der Waals surface area contributed by atoms with E-state index in [-0.39, 0.29) is 5.75 Å². The minimum atomic E-state index is -3.51. The van der Waals surface area contributed by atoms with Crippen molar-refractivity contribution in [2.75, 3.05) is 4.72 Å². The highest BCUT2D eigenvalue weighted by Crippen LogP contribution is 2.23. The number of hydrogen-bond acceptors (Lipinski definition) is 4. The predicted molar refractivity (Wildman–Crippen MR) is 106 cm³/mol. The molecule has 0 aliphatic rings. The zero-order chi connectivity index (χ0) is 18.9. The Morgan fingerprint density at radius 1 is 1.07 bits per heavy atom. The van der Waals surface area contributed by atoms with Crippen molar-refractivity contribution in [2.45, 2.75) is 12.7 Å². The third-order valence-corrected chi connectivity index (χ3v) is 5.40. The molecule has 2 heterocycles. The summed E-state index contributed by atoms with van der Waals surface area (Å²) >= 11 is 0. The third-order valence-electron chi connectivity index (χ3n) is 4.14. The fourth-order valence-corrected chi connectivity index (χ4v) is 4.02. The van der Waals surface area contributed by atoms with E-state index < -0.39 is 10.0 Å². The molecule has 136 valence electrons. The highest BCUT2D eigenvalue weighted by Gasteiger charge is 2.13. The van der Waals surface area contributed by atoms with Gasteiger partial charge in [0.05, 0.1) is 11.4 Å². The van der Waals surface area contributed by atoms with E-state index in [1.54, 1.807) is 24.4 Å². The summed E-state index contributed by atoms with van der Waals surface area (Å²) in [6.45, 7) is 1.97. The first-order valence-electron chi connectivity index (χ1n) is 8.45. The molecule has 7 heteroatoms. The van der Waals surface area contributed by atoms with E-state index in [0.29, 0.717) is 11.5 Å². The average Bonchev–Trinajstić information content (AvgIpc) is 3.07. The largest absolute Gasteiger partial charge is 0.291 e. The highest BCUT2D eigenvalue weighted by atomic mass is 32.2. The van der Waals surface area contributed by atoms with E-state index in [0.717, 1.165) is 22.4 Å². The molecule has 0 saturated heterocycles. The molecule has 0 spiro atoms. The summed E-state index contributed by atoms with van der Waals surface area (Å²) in [5, 5.41) is 0. The van der Waals surface area contributed by atoms with Crippen LogP contribution in [0, 0.1) is 6.92 Å². The Morgan fingerprint density at radius 2 is 1.89 bits per heavy atom. The second-order valence-electron chi connectivity index (χ2n) is 6.38. The van der Waals surface area contributed by atoms with Crippen molar-refractivity contribution in [3.63, 3.8) is 0 Å². The van der Waals surface area contributed by atoms with Crippen LogP contribution in [0.3, 0.4) is 0 Å². The average molecular weight is 378 g/mol. The van der Waals surface area contributed by atoms with E-state index in [9.17, 15) is 8.42 Å². The summed E-state index contributed by atoms with van der Waals surface area (Å²) in [6, 6.07) is 16.5. The van der Waals surface area contributed by atoms with Crippen molar-refractivity contribution in [1.29, 1.82) is 0 Å². The molecule has 0 radical (unpaired) electrons. The van der Waals surface area contributed by atoms with Crippen molar-refractivity contribution in [2.24, 2.45) is 0 Å². The maximum absolute atomic E-state index is 12.5. The first kappa shape index (κ1) is 17.2. The molecule has 27 heavy (non-hydrogen) atoms. The second-order valence-corrected chi connectivity index (χ2v) is 8.10. The van der Waals surface area contributed by atoms with Gasteiger partial charge in [-0.2, -0.15) is 0 Å². The van der Waals surface area contributed by atoms with Gasteiger partial charge >= 0.3 is 0 Å². The molecule has 0 unspecified atom stereocenters. The molecular weight excluding hydrogens is 360 g/mol. The van der Waals surface area contributed by atoms with E-state index in [1.165, 1.54) is 0 Å². The number of imidazole rings is 1. The van der Waals surface area contributed by atoms with Gasteiger partial charge in [-0.3, -0.25) is 9.12 Å². The molecule has 4 rings (SSSR count). The minimum absolute atomic E-state index is 0.0736. The molecule has 6 nitrogen and oxygen atoms in total. The van der Waals surface area contributed by atoms with Crippen LogP contribution >= 0.6 is 0 Å².